The molecule has 112 valence electrons. The van der Waals surface area contributed by atoms with Crippen LogP contribution in [0.25, 0.3) is 0 Å². The second-order valence-corrected chi connectivity index (χ2v) is 5.97. The van der Waals surface area contributed by atoms with Gasteiger partial charge in [0, 0.05) is 5.69 Å². The highest BCUT2D eigenvalue weighted by Gasteiger charge is 2.09. The lowest BCUT2D eigenvalue weighted by molar-refractivity contribution is 0.231. The quantitative estimate of drug-likeness (QED) is 0.785. The van der Waals surface area contributed by atoms with Crippen molar-refractivity contribution in [3.8, 4) is 5.75 Å². The second kappa shape index (κ2) is 7.06. The maximum absolute atomic E-state index is 6.03. The lowest BCUT2D eigenvalue weighted by Crippen LogP contribution is -2.23. The second-order valence-electron chi connectivity index (χ2n) is 5.16. The van der Waals surface area contributed by atoms with Crippen LogP contribution in [0.15, 0.2) is 36.4 Å². The molecule has 0 bridgehead atoms. The van der Waals surface area contributed by atoms with Crippen molar-refractivity contribution >= 4 is 28.9 Å². The molecule has 1 unspecified atom stereocenters. The van der Waals surface area contributed by atoms with Crippen molar-refractivity contribution in [1.82, 2.24) is 0 Å². The van der Waals surface area contributed by atoms with Gasteiger partial charge in [-0.3, -0.25) is 0 Å². The largest absolute Gasteiger partial charge is 0.488 e. The molecule has 0 saturated carbocycles. The number of para-hydroxylation sites is 1. The van der Waals surface area contributed by atoms with Gasteiger partial charge in [-0.05, 0) is 50.1 Å². The summed E-state index contributed by atoms with van der Waals surface area (Å²) in [7, 11) is 0. The molecule has 0 aliphatic rings. The fraction of sp³-hybridized carbons (Fsp3) is 0.294. The van der Waals surface area contributed by atoms with Crippen LogP contribution in [0.5, 0.6) is 5.75 Å². The number of benzene rings is 2. The Kier molecular flexibility index (Phi) is 5.38. The van der Waals surface area contributed by atoms with Gasteiger partial charge < -0.3 is 10.1 Å². The Hall–Kier alpha value is -1.38. The molecule has 0 spiro atoms. The molecule has 2 rings (SSSR count). The predicted octanol–water partition coefficient (Wildman–Crippen LogP) is 5.49. The molecule has 0 heterocycles. The number of nitrogens with one attached hydrogen (secondary N) is 1. The van der Waals surface area contributed by atoms with Crippen molar-refractivity contribution in [3.05, 3.63) is 57.6 Å². The van der Waals surface area contributed by atoms with Gasteiger partial charge >= 0.3 is 0 Å². The average Bonchev–Trinajstić information content (AvgIpc) is 2.44. The van der Waals surface area contributed by atoms with E-state index >= 15 is 0 Å². The van der Waals surface area contributed by atoms with E-state index in [1.165, 1.54) is 0 Å². The molecule has 2 aromatic rings. The molecule has 0 radical (unpaired) electrons. The number of anilines is 1. The number of ether oxygens (including phenoxy) is 1. The zero-order chi connectivity index (χ0) is 15.4. The number of rotatable bonds is 5. The molecule has 0 aliphatic heterocycles. The molecule has 0 aromatic heterocycles. The minimum Gasteiger partial charge on any atom is -0.488 e. The van der Waals surface area contributed by atoms with Crippen molar-refractivity contribution < 1.29 is 4.74 Å². The van der Waals surface area contributed by atoms with E-state index in [0.29, 0.717) is 16.6 Å². The monoisotopic (exact) mass is 323 g/mol. The molecular formula is C17H19Cl2NO. The van der Waals surface area contributed by atoms with Crippen LogP contribution in [0, 0.1) is 13.8 Å². The lowest BCUT2D eigenvalue weighted by atomic mass is 10.1. The van der Waals surface area contributed by atoms with Crippen molar-refractivity contribution in [2.45, 2.75) is 26.9 Å². The summed E-state index contributed by atoms with van der Waals surface area (Å²) in [5, 5.41) is 4.41. The Bertz CT molecular complexity index is 608. The Morgan fingerprint density at radius 3 is 2.33 bits per heavy atom. The van der Waals surface area contributed by atoms with Crippen LogP contribution in [0.2, 0.25) is 10.0 Å². The normalized spacial score (nSPS) is 12.0. The molecule has 1 atom stereocenters. The zero-order valence-corrected chi connectivity index (χ0v) is 13.9. The Morgan fingerprint density at radius 2 is 1.71 bits per heavy atom. The minimum absolute atomic E-state index is 0.0410. The van der Waals surface area contributed by atoms with Gasteiger partial charge in [0.2, 0.25) is 0 Å². The molecule has 2 nitrogen and oxygen atoms in total. The van der Waals surface area contributed by atoms with Crippen LogP contribution in [0.1, 0.15) is 18.1 Å². The van der Waals surface area contributed by atoms with E-state index in [1.807, 2.05) is 25.1 Å². The predicted molar refractivity (Wildman–Crippen MR) is 91.0 cm³/mol. The van der Waals surface area contributed by atoms with E-state index in [0.717, 1.165) is 22.6 Å². The van der Waals surface area contributed by atoms with Gasteiger partial charge in [-0.15, -0.1) is 0 Å². The van der Waals surface area contributed by atoms with Crippen LogP contribution in [0.3, 0.4) is 0 Å². The standard InChI is InChI=1S/C17H19Cl2NO/c1-11-5-4-6-12(2)17(11)21-13(3)10-20-14-7-8-15(18)16(19)9-14/h4-9,13,20H,10H2,1-3H3. The molecule has 2 aromatic carbocycles. The van der Waals surface area contributed by atoms with Crippen LogP contribution < -0.4 is 10.1 Å². The zero-order valence-electron chi connectivity index (χ0n) is 12.4. The van der Waals surface area contributed by atoms with E-state index in [4.69, 9.17) is 27.9 Å². The Morgan fingerprint density at radius 1 is 1.05 bits per heavy atom. The van der Waals surface area contributed by atoms with Gasteiger partial charge in [0.15, 0.2) is 0 Å². The topological polar surface area (TPSA) is 21.3 Å². The fourth-order valence-electron chi connectivity index (χ4n) is 2.10. The smallest absolute Gasteiger partial charge is 0.125 e. The highest BCUT2D eigenvalue weighted by Crippen LogP contribution is 2.26. The summed E-state index contributed by atoms with van der Waals surface area (Å²) in [6.45, 7) is 6.84. The van der Waals surface area contributed by atoms with E-state index < -0.39 is 0 Å². The first-order valence-electron chi connectivity index (χ1n) is 6.89. The summed E-state index contributed by atoms with van der Waals surface area (Å²) >= 11 is 11.9. The van der Waals surface area contributed by atoms with Crippen LogP contribution in [-0.2, 0) is 0 Å². The van der Waals surface area contributed by atoms with Crippen LogP contribution >= 0.6 is 23.2 Å². The summed E-state index contributed by atoms with van der Waals surface area (Å²) in [5.41, 5.74) is 3.23. The first-order chi connectivity index (χ1) is 9.97. The number of hydrogen-bond donors (Lipinski definition) is 1. The average molecular weight is 324 g/mol. The third kappa shape index (κ3) is 4.29. The highest BCUT2D eigenvalue weighted by atomic mass is 35.5. The molecule has 4 heteroatoms. The summed E-state index contributed by atoms with van der Waals surface area (Å²) < 4.78 is 6.03. The number of aryl methyl sites for hydroxylation is 2. The summed E-state index contributed by atoms with van der Waals surface area (Å²) in [4.78, 5) is 0. The first kappa shape index (κ1) is 16.0. The van der Waals surface area contributed by atoms with Crippen LogP contribution in [-0.4, -0.2) is 12.6 Å². The van der Waals surface area contributed by atoms with E-state index in [-0.39, 0.29) is 6.10 Å². The SMILES string of the molecule is Cc1cccc(C)c1OC(C)CNc1ccc(Cl)c(Cl)c1. The van der Waals surface area contributed by atoms with Crippen LogP contribution in [0.4, 0.5) is 5.69 Å². The molecule has 0 saturated heterocycles. The molecular weight excluding hydrogens is 305 g/mol. The Labute approximate surface area is 136 Å². The molecule has 21 heavy (non-hydrogen) atoms. The van der Waals surface area contributed by atoms with E-state index in [1.54, 1.807) is 6.07 Å². The van der Waals surface area contributed by atoms with E-state index in [9.17, 15) is 0 Å². The summed E-state index contributed by atoms with van der Waals surface area (Å²) in [6.07, 6.45) is 0.0410. The summed E-state index contributed by atoms with van der Waals surface area (Å²) in [6, 6.07) is 11.7. The van der Waals surface area contributed by atoms with Gasteiger partial charge in [0.05, 0.1) is 16.6 Å². The van der Waals surface area contributed by atoms with Gasteiger partial charge in [0.1, 0.15) is 11.9 Å². The molecule has 1 N–H and O–H groups in total. The maximum Gasteiger partial charge on any atom is 0.125 e. The lowest BCUT2D eigenvalue weighted by Gasteiger charge is -2.19. The van der Waals surface area contributed by atoms with Crippen molar-refractivity contribution in [3.63, 3.8) is 0 Å². The molecule has 0 amide bonds. The molecule has 0 aliphatic carbocycles. The first-order valence-corrected chi connectivity index (χ1v) is 7.64. The van der Waals surface area contributed by atoms with Gasteiger partial charge in [0.25, 0.3) is 0 Å². The third-order valence-corrected chi connectivity index (χ3v) is 3.98. The van der Waals surface area contributed by atoms with Gasteiger partial charge in [-0.1, -0.05) is 41.4 Å². The number of hydrogen-bond acceptors (Lipinski definition) is 2. The van der Waals surface area contributed by atoms with Crippen molar-refractivity contribution in [2.75, 3.05) is 11.9 Å². The fourth-order valence-corrected chi connectivity index (χ4v) is 2.39. The van der Waals surface area contributed by atoms with E-state index in [2.05, 4.69) is 31.3 Å². The van der Waals surface area contributed by atoms with Crippen molar-refractivity contribution in [2.24, 2.45) is 0 Å². The Balaban J connectivity index is 1.96. The third-order valence-electron chi connectivity index (χ3n) is 3.24. The molecule has 0 fully saturated rings. The van der Waals surface area contributed by atoms with Crippen molar-refractivity contribution in [1.29, 1.82) is 0 Å². The minimum atomic E-state index is 0.0410. The summed E-state index contributed by atoms with van der Waals surface area (Å²) in [5.74, 6) is 0.959. The number of halogens is 2. The van der Waals surface area contributed by atoms with Gasteiger partial charge in [-0.25, -0.2) is 0 Å². The maximum atomic E-state index is 6.03. The highest BCUT2D eigenvalue weighted by molar-refractivity contribution is 6.42. The van der Waals surface area contributed by atoms with Gasteiger partial charge in [-0.2, -0.15) is 0 Å².